The molecule has 5 nitrogen and oxygen atoms in total. The maximum atomic E-state index is 12.2. The van der Waals surface area contributed by atoms with Crippen LogP contribution in [-0.2, 0) is 16.0 Å². The fraction of sp³-hybridized carbons (Fsp3) is 0.529. The average Bonchev–Trinajstić information content (AvgIpc) is 2.88. The molecule has 0 bridgehead atoms. The van der Waals surface area contributed by atoms with Gasteiger partial charge in [0.05, 0.1) is 5.92 Å². The largest absolute Gasteiger partial charge is 0.355 e. The molecule has 0 aromatic heterocycles. The van der Waals surface area contributed by atoms with E-state index in [-0.39, 0.29) is 17.7 Å². The molecule has 1 atom stereocenters. The van der Waals surface area contributed by atoms with Crippen LogP contribution in [0.25, 0.3) is 0 Å². The first-order valence-corrected chi connectivity index (χ1v) is 8.28. The minimum absolute atomic E-state index is 0.0281. The number of carbonyl (C=O) groups is 2. The van der Waals surface area contributed by atoms with Crippen LogP contribution in [0.15, 0.2) is 24.3 Å². The summed E-state index contributed by atoms with van der Waals surface area (Å²) in [4.78, 5) is 28.0. The number of benzene rings is 1. The van der Waals surface area contributed by atoms with Crippen molar-refractivity contribution in [2.75, 3.05) is 40.3 Å². The first-order chi connectivity index (χ1) is 11.0. The van der Waals surface area contributed by atoms with Crippen LogP contribution >= 0.6 is 11.6 Å². The molecule has 1 aliphatic rings. The lowest BCUT2D eigenvalue weighted by atomic mass is 10.1. The van der Waals surface area contributed by atoms with E-state index in [0.717, 1.165) is 18.5 Å². The molecule has 0 saturated carbocycles. The van der Waals surface area contributed by atoms with Gasteiger partial charge in [-0.25, -0.2) is 0 Å². The van der Waals surface area contributed by atoms with Gasteiger partial charge in [-0.15, -0.1) is 0 Å². The summed E-state index contributed by atoms with van der Waals surface area (Å²) in [6.45, 7) is 2.60. The highest BCUT2D eigenvalue weighted by Crippen LogP contribution is 2.17. The predicted molar refractivity (Wildman–Crippen MR) is 91.4 cm³/mol. The Hall–Kier alpha value is -1.59. The molecular weight excluding hydrogens is 314 g/mol. The van der Waals surface area contributed by atoms with Crippen molar-refractivity contribution in [1.29, 1.82) is 0 Å². The Bertz CT molecular complexity index is 545. The normalized spacial score (nSPS) is 17.8. The zero-order valence-corrected chi connectivity index (χ0v) is 14.5. The van der Waals surface area contributed by atoms with Gasteiger partial charge in [-0.3, -0.25) is 9.59 Å². The van der Waals surface area contributed by atoms with Crippen LogP contribution in [-0.4, -0.2) is 61.9 Å². The van der Waals surface area contributed by atoms with Crippen molar-refractivity contribution in [3.05, 3.63) is 34.9 Å². The van der Waals surface area contributed by atoms with Crippen molar-refractivity contribution in [2.45, 2.75) is 12.8 Å². The molecule has 0 radical (unpaired) electrons. The first-order valence-electron chi connectivity index (χ1n) is 7.90. The number of rotatable bonds is 7. The molecule has 0 spiro atoms. The summed E-state index contributed by atoms with van der Waals surface area (Å²) in [6, 6.07) is 7.60. The van der Waals surface area contributed by atoms with Crippen molar-refractivity contribution in [1.82, 2.24) is 15.1 Å². The van der Waals surface area contributed by atoms with Gasteiger partial charge in [0, 0.05) is 37.6 Å². The van der Waals surface area contributed by atoms with Gasteiger partial charge in [-0.2, -0.15) is 0 Å². The van der Waals surface area contributed by atoms with Crippen molar-refractivity contribution in [3.63, 3.8) is 0 Å². The van der Waals surface area contributed by atoms with Gasteiger partial charge in [-0.1, -0.05) is 23.7 Å². The van der Waals surface area contributed by atoms with Crippen molar-refractivity contribution >= 4 is 23.4 Å². The van der Waals surface area contributed by atoms with Crippen molar-refractivity contribution in [2.24, 2.45) is 5.92 Å². The Morgan fingerprint density at radius 1 is 1.35 bits per heavy atom. The number of likely N-dealkylation sites (tertiary alicyclic amines) is 1. The standard InChI is InChI=1S/C17H24ClN3O2/c1-20(2)9-10-21-12-14(11-16(21)22)17(23)19-8-7-13-3-5-15(18)6-4-13/h3-6,14H,7-12H2,1-2H3,(H,19,23). The van der Waals surface area contributed by atoms with Gasteiger partial charge in [0.25, 0.3) is 0 Å². The number of hydrogen-bond donors (Lipinski definition) is 1. The summed E-state index contributed by atoms with van der Waals surface area (Å²) in [5, 5.41) is 3.64. The summed E-state index contributed by atoms with van der Waals surface area (Å²) in [6.07, 6.45) is 1.08. The van der Waals surface area contributed by atoms with E-state index in [4.69, 9.17) is 11.6 Å². The molecule has 1 unspecified atom stereocenters. The third kappa shape index (κ3) is 5.52. The van der Waals surface area contributed by atoms with E-state index in [1.165, 1.54) is 0 Å². The maximum absolute atomic E-state index is 12.2. The predicted octanol–water partition coefficient (Wildman–Crippen LogP) is 1.41. The van der Waals surface area contributed by atoms with Crippen LogP contribution in [0.4, 0.5) is 0 Å². The van der Waals surface area contributed by atoms with E-state index < -0.39 is 0 Å². The lowest BCUT2D eigenvalue weighted by molar-refractivity contribution is -0.129. The topological polar surface area (TPSA) is 52.6 Å². The SMILES string of the molecule is CN(C)CCN1CC(C(=O)NCCc2ccc(Cl)cc2)CC1=O. The molecule has 2 rings (SSSR count). The van der Waals surface area contributed by atoms with Crippen LogP contribution in [0, 0.1) is 5.92 Å². The molecule has 1 fully saturated rings. The van der Waals surface area contributed by atoms with Crippen LogP contribution in [0.3, 0.4) is 0 Å². The van der Waals surface area contributed by atoms with Gasteiger partial charge in [0.1, 0.15) is 0 Å². The second-order valence-electron chi connectivity index (χ2n) is 6.21. The fourth-order valence-corrected chi connectivity index (χ4v) is 2.74. The molecule has 23 heavy (non-hydrogen) atoms. The molecule has 126 valence electrons. The van der Waals surface area contributed by atoms with Gasteiger partial charge in [0.2, 0.25) is 11.8 Å². The monoisotopic (exact) mass is 337 g/mol. The number of hydrogen-bond acceptors (Lipinski definition) is 3. The molecule has 0 aliphatic carbocycles. The zero-order chi connectivity index (χ0) is 16.8. The Morgan fingerprint density at radius 2 is 2.04 bits per heavy atom. The second-order valence-corrected chi connectivity index (χ2v) is 6.65. The van der Waals surface area contributed by atoms with Gasteiger partial charge in [-0.05, 0) is 38.2 Å². The molecule has 1 aliphatic heterocycles. The number of amides is 2. The molecule has 1 N–H and O–H groups in total. The van der Waals surface area contributed by atoms with Crippen LogP contribution in [0.1, 0.15) is 12.0 Å². The van der Waals surface area contributed by atoms with E-state index in [0.29, 0.717) is 31.1 Å². The third-order valence-electron chi connectivity index (χ3n) is 4.03. The minimum atomic E-state index is -0.227. The number of carbonyl (C=O) groups excluding carboxylic acids is 2. The van der Waals surface area contributed by atoms with Gasteiger partial charge < -0.3 is 15.1 Å². The molecule has 1 saturated heterocycles. The second kappa shape index (κ2) is 8.31. The van der Waals surface area contributed by atoms with E-state index >= 15 is 0 Å². The molecule has 1 aromatic rings. The highest BCUT2D eigenvalue weighted by Gasteiger charge is 2.33. The quantitative estimate of drug-likeness (QED) is 0.818. The van der Waals surface area contributed by atoms with Crippen molar-refractivity contribution < 1.29 is 9.59 Å². The smallest absolute Gasteiger partial charge is 0.225 e. The molecule has 2 amide bonds. The maximum Gasteiger partial charge on any atom is 0.225 e. The highest BCUT2D eigenvalue weighted by molar-refractivity contribution is 6.30. The fourth-order valence-electron chi connectivity index (χ4n) is 2.61. The Balaban J connectivity index is 1.73. The summed E-state index contributed by atoms with van der Waals surface area (Å²) >= 11 is 5.85. The van der Waals surface area contributed by atoms with Crippen LogP contribution in [0.2, 0.25) is 5.02 Å². The van der Waals surface area contributed by atoms with Gasteiger partial charge in [0.15, 0.2) is 0 Å². The number of halogens is 1. The number of nitrogens with zero attached hydrogens (tertiary/aromatic N) is 2. The van der Waals surface area contributed by atoms with E-state index in [9.17, 15) is 9.59 Å². The summed E-state index contributed by atoms with van der Waals surface area (Å²) in [7, 11) is 3.95. The Kier molecular flexibility index (Phi) is 6.42. The molecular formula is C17H24ClN3O2. The Labute approximate surface area is 142 Å². The van der Waals surface area contributed by atoms with Crippen molar-refractivity contribution in [3.8, 4) is 0 Å². The van der Waals surface area contributed by atoms with Crippen LogP contribution < -0.4 is 5.32 Å². The lowest BCUT2D eigenvalue weighted by Crippen LogP contribution is -2.36. The summed E-state index contributed by atoms with van der Waals surface area (Å²) in [5.41, 5.74) is 1.13. The zero-order valence-electron chi connectivity index (χ0n) is 13.7. The number of likely N-dealkylation sites (N-methyl/N-ethyl adjacent to an activating group) is 1. The van der Waals surface area contributed by atoms with E-state index in [1.54, 1.807) is 4.90 Å². The highest BCUT2D eigenvalue weighted by atomic mass is 35.5. The average molecular weight is 338 g/mol. The molecule has 1 aromatic carbocycles. The van der Waals surface area contributed by atoms with Gasteiger partial charge >= 0.3 is 0 Å². The van der Waals surface area contributed by atoms with E-state index in [1.807, 2.05) is 43.3 Å². The minimum Gasteiger partial charge on any atom is -0.355 e. The molecule has 1 heterocycles. The van der Waals surface area contributed by atoms with Crippen LogP contribution in [0.5, 0.6) is 0 Å². The lowest BCUT2D eigenvalue weighted by Gasteiger charge is -2.19. The third-order valence-corrected chi connectivity index (χ3v) is 4.28. The first kappa shape index (κ1) is 17.8. The summed E-state index contributed by atoms with van der Waals surface area (Å²) in [5.74, 6) is -0.181. The van der Waals surface area contributed by atoms with E-state index in [2.05, 4.69) is 5.32 Å². The Morgan fingerprint density at radius 3 is 2.70 bits per heavy atom. The molecule has 6 heteroatoms. The number of nitrogens with one attached hydrogen (secondary N) is 1. The summed E-state index contributed by atoms with van der Waals surface area (Å²) < 4.78 is 0.